The molecule has 10 heteroatoms. The lowest BCUT2D eigenvalue weighted by Gasteiger charge is -2.32. The normalized spacial score (nSPS) is 15.9. The highest BCUT2D eigenvalue weighted by atomic mass is 79.9. The second kappa shape index (κ2) is 7.79. The number of halogens is 4. The lowest BCUT2D eigenvalue weighted by Crippen LogP contribution is -2.30. The summed E-state index contributed by atoms with van der Waals surface area (Å²) in [6.07, 6.45) is -5.88. The minimum absolute atomic E-state index is 0.137. The molecule has 3 aromatic rings. The minimum atomic E-state index is -4.82. The van der Waals surface area contributed by atoms with E-state index in [9.17, 15) is 23.1 Å². The van der Waals surface area contributed by atoms with Gasteiger partial charge in [-0.15, -0.1) is 13.2 Å². The number of hydrogen-bond donors (Lipinski definition) is 3. The number of hydrogen-bond acceptors (Lipinski definition) is 5. The van der Waals surface area contributed by atoms with Gasteiger partial charge in [-0.25, -0.2) is 0 Å². The molecule has 1 atom stereocenters. The van der Waals surface area contributed by atoms with E-state index in [1.54, 1.807) is 12.1 Å². The summed E-state index contributed by atoms with van der Waals surface area (Å²) in [6, 6.07) is 7.15. The Bertz CT molecular complexity index is 1220. The standard InChI is InChI=1S/C22H19BrF3NO5/c1-21(2)14-7-17(31-9-10(29)8-28)15(23)6-13(14)19(30)18-12-4-3-11(32-22(24,25)26)5-16(12)27-20(18)21/h3-7,10,27-29H,8-9H2,1-2H3. The van der Waals surface area contributed by atoms with Crippen LogP contribution < -0.4 is 9.47 Å². The third kappa shape index (κ3) is 3.87. The van der Waals surface area contributed by atoms with E-state index in [2.05, 4.69) is 25.7 Å². The Balaban J connectivity index is 1.81. The number of fused-ring (bicyclic) bond motifs is 4. The van der Waals surface area contributed by atoms with Crippen molar-refractivity contribution < 1.29 is 37.7 Å². The Morgan fingerprint density at radius 3 is 2.59 bits per heavy atom. The number of aromatic amines is 1. The van der Waals surface area contributed by atoms with Crippen LogP contribution in [0.2, 0.25) is 0 Å². The number of ether oxygens (including phenoxy) is 2. The summed E-state index contributed by atoms with van der Waals surface area (Å²) >= 11 is 3.38. The maximum Gasteiger partial charge on any atom is 0.573 e. The van der Waals surface area contributed by atoms with Crippen LogP contribution in [0.3, 0.4) is 0 Å². The van der Waals surface area contributed by atoms with Gasteiger partial charge in [-0.05, 0) is 45.8 Å². The SMILES string of the molecule is CC1(C)c2cc(OCC(O)CO)c(Br)cc2C(=O)c2c1[nH]c1cc(OC(F)(F)F)ccc21. The van der Waals surface area contributed by atoms with Crippen LogP contribution in [-0.4, -0.2) is 46.7 Å². The van der Waals surface area contributed by atoms with Crippen LogP contribution >= 0.6 is 15.9 Å². The van der Waals surface area contributed by atoms with Crippen LogP contribution in [0.15, 0.2) is 34.8 Å². The first-order valence-electron chi connectivity index (χ1n) is 9.64. The second-order valence-corrected chi connectivity index (χ2v) is 8.91. The van der Waals surface area contributed by atoms with Crippen molar-refractivity contribution in [2.45, 2.75) is 31.7 Å². The summed E-state index contributed by atoms with van der Waals surface area (Å²) in [6.45, 7) is 3.19. The summed E-state index contributed by atoms with van der Waals surface area (Å²) in [5.41, 5.74) is 1.69. The highest BCUT2D eigenvalue weighted by Crippen LogP contribution is 2.46. The monoisotopic (exact) mass is 513 g/mol. The molecular formula is C22H19BrF3NO5. The summed E-state index contributed by atoms with van der Waals surface area (Å²) in [5.74, 6) is -0.266. The van der Waals surface area contributed by atoms with Crippen LogP contribution in [0, 0.1) is 0 Å². The number of benzene rings is 2. The predicted molar refractivity (Wildman–Crippen MR) is 113 cm³/mol. The van der Waals surface area contributed by atoms with Crippen LogP contribution in [-0.2, 0) is 5.41 Å². The van der Waals surface area contributed by atoms with Gasteiger partial charge in [0.05, 0.1) is 22.2 Å². The molecule has 1 aromatic heterocycles. The van der Waals surface area contributed by atoms with E-state index in [1.807, 2.05) is 13.8 Å². The average molecular weight is 514 g/mol. The number of rotatable bonds is 5. The fraction of sp³-hybridized carbons (Fsp3) is 0.318. The van der Waals surface area contributed by atoms with Crippen molar-refractivity contribution in [2.24, 2.45) is 0 Å². The van der Waals surface area contributed by atoms with Gasteiger partial charge in [-0.2, -0.15) is 0 Å². The van der Waals surface area contributed by atoms with Crippen molar-refractivity contribution in [3.63, 3.8) is 0 Å². The Hall–Kier alpha value is -2.56. The van der Waals surface area contributed by atoms with Gasteiger partial charge in [0.25, 0.3) is 0 Å². The summed E-state index contributed by atoms with van der Waals surface area (Å²) in [5, 5.41) is 19.1. The molecule has 0 saturated carbocycles. The molecule has 0 spiro atoms. The fourth-order valence-corrected chi connectivity index (χ4v) is 4.41. The molecule has 1 aliphatic rings. The number of aromatic nitrogens is 1. The Kier molecular flexibility index (Phi) is 5.51. The molecular weight excluding hydrogens is 495 g/mol. The van der Waals surface area contributed by atoms with Crippen molar-refractivity contribution in [1.29, 1.82) is 0 Å². The fourth-order valence-electron chi connectivity index (χ4n) is 3.96. The number of carbonyl (C=O) groups is 1. The summed E-state index contributed by atoms with van der Waals surface area (Å²) in [7, 11) is 0. The van der Waals surface area contributed by atoms with E-state index < -0.39 is 24.5 Å². The van der Waals surface area contributed by atoms with Gasteiger partial charge in [0, 0.05) is 28.1 Å². The molecule has 3 N–H and O–H groups in total. The Labute approximate surface area is 189 Å². The lowest BCUT2D eigenvalue weighted by molar-refractivity contribution is -0.274. The average Bonchev–Trinajstić information content (AvgIpc) is 3.09. The molecule has 6 nitrogen and oxygen atoms in total. The molecule has 4 rings (SSSR count). The lowest BCUT2D eigenvalue weighted by atomic mass is 9.71. The quantitative estimate of drug-likeness (QED) is 0.469. The summed E-state index contributed by atoms with van der Waals surface area (Å²) in [4.78, 5) is 16.5. The number of aliphatic hydroxyl groups is 2. The van der Waals surface area contributed by atoms with Gasteiger partial charge in [0.1, 0.15) is 24.2 Å². The smallest absolute Gasteiger partial charge is 0.490 e. The first-order valence-corrected chi connectivity index (χ1v) is 10.4. The molecule has 0 saturated heterocycles. The molecule has 1 aliphatic carbocycles. The van der Waals surface area contributed by atoms with Crippen molar-refractivity contribution in [3.05, 3.63) is 57.2 Å². The maximum atomic E-state index is 13.4. The summed E-state index contributed by atoms with van der Waals surface area (Å²) < 4.78 is 47.9. The zero-order valence-electron chi connectivity index (χ0n) is 17.0. The van der Waals surface area contributed by atoms with Crippen LogP contribution in [0.1, 0.15) is 41.0 Å². The third-order valence-electron chi connectivity index (χ3n) is 5.49. The molecule has 1 heterocycles. The molecule has 2 aromatic carbocycles. The first kappa shape index (κ1) is 22.6. The van der Waals surface area contributed by atoms with Crippen molar-refractivity contribution in [3.8, 4) is 11.5 Å². The third-order valence-corrected chi connectivity index (χ3v) is 6.11. The minimum Gasteiger partial charge on any atom is -0.490 e. The van der Waals surface area contributed by atoms with Gasteiger partial charge in [0.15, 0.2) is 5.78 Å². The van der Waals surface area contributed by atoms with Gasteiger partial charge < -0.3 is 24.7 Å². The Morgan fingerprint density at radius 1 is 1.22 bits per heavy atom. The first-order chi connectivity index (χ1) is 14.9. The highest BCUT2D eigenvalue weighted by Gasteiger charge is 2.40. The molecule has 0 bridgehead atoms. The zero-order valence-corrected chi connectivity index (χ0v) is 18.6. The maximum absolute atomic E-state index is 13.4. The van der Waals surface area contributed by atoms with Gasteiger partial charge in [0.2, 0.25) is 0 Å². The zero-order chi connectivity index (χ0) is 23.4. The van der Waals surface area contributed by atoms with E-state index in [0.717, 1.165) is 0 Å². The Morgan fingerprint density at radius 2 is 1.94 bits per heavy atom. The van der Waals surface area contributed by atoms with E-state index in [0.29, 0.717) is 43.5 Å². The molecule has 1 unspecified atom stereocenters. The molecule has 0 aliphatic heterocycles. The molecule has 32 heavy (non-hydrogen) atoms. The largest absolute Gasteiger partial charge is 0.573 e. The number of aliphatic hydroxyl groups excluding tert-OH is 2. The molecule has 0 amide bonds. The van der Waals surface area contributed by atoms with Crippen molar-refractivity contribution >= 4 is 32.6 Å². The number of H-pyrrole nitrogens is 1. The second-order valence-electron chi connectivity index (χ2n) is 8.06. The number of ketones is 1. The van der Waals surface area contributed by atoms with Gasteiger partial charge >= 0.3 is 6.36 Å². The van der Waals surface area contributed by atoms with Crippen molar-refractivity contribution in [1.82, 2.24) is 4.98 Å². The van der Waals surface area contributed by atoms with Crippen molar-refractivity contribution in [2.75, 3.05) is 13.2 Å². The van der Waals surface area contributed by atoms with Gasteiger partial charge in [-0.3, -0.25) is 4.79 Å². The number of nitrogens with one attached hydrogen (secondary N) is 1. The van der Waals surface area contributed by atoms with Crippen LogP contribution in [0.4, 0.5) is 13.2 Å². The molecule has 0 fully saturated rings. The van der Waals surface area contributed by atoms with Gasteiger partial charge in [-0.1, -0.05) is 13.8 Å². The van der Waals surface area contributed by atoms with E-state index in [-0.39, 0.29) is 18.1 Å². The topological polar surface area (TPSA) is 91.8 Å². The number of carbonyl (C=O) groups excluding carboxylic acids is 1. The van der Waals surface area contributed by atoms with Crippen LogP contribution in [0.5, 0.6) is 11.5 Å². The number of alkyl halides is 3. The van der Waals surface area contributed by atoms with E-state index in [1.165, 1.54) is 18.2 Å². The predicted octanol–water partition coefficient (Wildman–Crippen LogP) is 4.43. The van der Waals surface area contributed by atoms with E-state index in [4.69, 9.17) is 9.84 Å². The van der Waals surface area contributed by atoms with Crippen LogP contribution in [0.25, 0.3) is 10.9 Å². The molecule has 170 valence electrons. The highest BCUT2D eigenvalue weighted by molar-refractivity contribution is 9.10. The van der Waals surface area contributed by atoms with E-state index >= 15 is 0 Å². The molecule has 0 radical (unpaired) electrons.